The van der Waals surface area contributed by atoms with Gasteiger partial charge in [-0.1, -0.05) is 26.2 Å². The van der Waals surface area contributed by atoms with Crippen LogP contribution in [0.15, 0.2) is 0 Å². The summed E-state index contributed by atoms with van der Waals surface area (Å²) >= 11 is 0. The number of ether oxygens (including phenoxy) is 1. The minimum absolute atomic E-state index is 0.0678. The Hall–Kier alpha value is -0.740. The molecule has 0 bridgehead atoms. The van der Waals surface area contributed by atoms with Crippen LogP contribution in [-0.4, -0.2) is 18.8 Å². The molecular formula is C11H19F3O2. The molecule has 0 aromatic heterocycles. The summed E-state index contributed by atoms with van der Waals surface area (Å²) in [6.07, 6.45) is -1.04. The standard InChI is InChI=1S/C11H19F3O2/c1-4-5-6-7-8-16-9(15)10(2,3)11(12,13)14/h4-8H2,1-3H3. The molecule has 0 fully saturated rings. The summed E-state index contributed by atoms with van der Waals surface area (Å²) in [5.74, 6) is -1.20. The van der Waals surface area contributed by atoms with E-state index in [1.165, 1.54) is 0 Å². The Bertz CT molecular complexity index is 222. The Morgan fingerprint density at radius 1 is 1.12 bits per heavy atom. The van der Waals surface area contributed by atoms with Crippen molar-refractivity contribution >= 4 is 5.97 Å². The highest BCUT2D eigenvalue weighted by Gasteiger charge is 2.54. The zero-order valence-corrected chi connectivity index (χ0v) is 9.99. The second kappa shape index (κ2) is 6.11. The van der Waals surface area contributed by atoms with E-state index in [1.807, 2.05) is 6.92 Å². The van der Waals surface area contributed by atoms with Crippen LogP contribution in [0.2, 0.25) is 0 Å². The van der Waals surface area contributed by atoms with Crippen molar-refractivity contribution in [1.82, 2.24) is 0 Å². The van der Waals surface area contributed by atoms with Crippen LogP contribution < -0.4 is 0 Å². The Labute approximate surface area is 94.2 Å². The fraction of sp³-hybridized carbons (Fsp3) is 0.909. The number of carbonyl (C=O) groups excluding carboxylic acids is 1. The van der Waals surface area contributed by atoms with Crippen LogP contribution >= 0.6 is 0 Å². The van der Waals surface area contributed by atoms with Crippen LogP contribution in [0.5, 0.6) is 0 Å². The van der Waals surface area contributed by atoms with Gasteiger partial charge in [-0.15, -0.1) is 0 Å². The van der Waals surface area contributed by atoms with Crippen LogP contribution in [0, 0.1) is 5.41 Å². The topological polar surface area (TPSA) is 26.3 Å². The van der Waals surface area contributed by atoms with E-state index in [9.17, 15) is 18.0 Å². The van der Waals surface area contributed by atoms with Crippen LogP contribution in [-0.2, 0) is 9.53 Å². The minimum atomic E-state index is -4.56. The first-order valence-corrected chi connectivity index (χ1v) is 5.47. The molecule has 0 atom stereocenters. The number of esters is 1. The van der Waals surface area contributed by atoms with E-state index in [1.54, 1.807) is 0 Å². The molecule has 0 heterocycles. The monoisotopic (exact) mass is 240 g/mol. The SMILES string of the molecule is CCCCCCOC(=O)C(C)(C)C(F)(F)F. The van der Waals surface area contributed by atoms with E-state index < -0.39 is 17.6 Å². The van der Waals surface area contributed by atoms with E-state index in [0.29, 0.717) is 6.42 Å². The van der Waals surface area contributed by atoms with Gasteiger partial charge < -0.3 is 4.74 Å². The molecule has 0 aromatic carbocycles. The zero-order valence-electron chi connectivity index (χ0n) is 9.99. The second-order valence-corrected chi connectivity index (χ2v) is 4.32. The number of hydrogen-bond donors (Lipinski definition) is 0. The molecule has 0 saturated heterocycles. The predicted octanol–water partition coefficient (Wildman–Crippen LogP) is 3.70. The molecule has 0 aliphatic carbocycles. The van der Waals surface area contributed by atoms with Gasteiger partial charge in [0.1, 0.15) is 0 Å². The maximum Gasteiger partial charge on any atom is 0.404 e. The smallest absolute Gasteiger partial charge is 0.404 e. The van der Waals surface area contributed by atoms with Crippen molar-refractivity contribution in [3.8, 4) is 0 Å². The highest BCUT2D eigenvalue weighted by Crippen LogP contribution is 2.38. The fourth-order valence-corrected chi connectivity index (χ4v) is 0.990. The van der Waals surface area contributed by atoms with Gasteiger partial charge in [-0.05, 0) is 20.3 Å². The van der Waals surface area contributed by atoms with Crippen LogP contribution in [0.25, 0.3) is 0 Å². The second-order valence-electron chi connectivity index (χ2n) is 4.32. The summed E-state index contributed by atoms with van der Waals surface area (Å²) in [4.78, 5) is 11.2. The van der Waals surface area contributed by atoms with E-state index in [4.69, 9.17) is 0 Å². The molecule has 0 amide bonds. The largest absolute Gasteiger partial charge is 0.465 e. The first-order valence-electron chi connectivity index (χ1n) is 5.47. The van der Waals surface area contributed by atoms with Crippen molar-refractivity contribution in [2.75, 3.05) is 6.61 Å². The van der Waals surface area contributed by atoms with Crippen molar-refractivity contribution in [2.45, 2.75) is 52.6 Å². The highest BCUT2D eigenvalue weighted by molar-refractivity contribution is 5.76. The van der Waals surface area contributed by atoms with Gasteiger partial charge in [-0.3, -0.25) is 4.79 Å². The van der Waals surface area contributed by atoms with Gasteiger partial charge in [0, 0.05) is 0 Å². The van der Waals surface area contributed by atoms with E-state index in [-0.39, 0.29) is 6.61 Å². The molecule has 0 radical (unpaired) electrons. The lowest BCUT2D eigenvalue weighted by Gasteiger charge is -2.25. The normalized spacial score (nSPS) is 12.6. The molecule has 0 aliphatic rings. The molecule has 96 valence electrons. The third kappa shape index (κ3) is 4.41. The van der Waals surface area contributed by atoms with Gasteiger partial charge in [0.2, 0.25) is 0 Å². The summed E-state index contributed by atoms with van der Waals surface area (Å²) in [6, 6.07) is 0. The van der Waals surface area contributed by atoms with E-state index >= 15 is 0 Å². The number of alkyl halides is 3. The maximum absolute atomic E-state index is 12.4. The lowest BCUT2D eigenvalue weighted by molar-refractivity contribution is -0.224. The van der Waals surface area contributed by atoms with Crippen molar-refractivity contribution in [1.29, 1.82) is 0 Å². The molecular weight excluding hydrogens is 221 g/mol. The lowest BCUT2D eigenvalue weighted by Crippen LogP contribution is -2.41. The molecule has 16 heavy (non-hydrogen) atoms. The van der Waals surface area contributed by atoms with Crippen molar-refractivity contribution < 1.29 is 22.7 Å². The third-order valence-corrected chi connectivity index (χ3v) is 2.45. The number of unbranched alkanes of at least 4 members (excludes halogenated alkanes) is 3. The van der Waals surface area contributed by atoms with Crippen molar-refractivity contribution in [3.63, 3.8) is 0 Å². The number of carbonyl (C=O) groups is 1. The molecule has 0 rings (SSSR count). The first kappa shape index (κ1) is 15.3. The van der Waals surface area contributed by atoms with Gasteiger partial charge in [0.05, 0.1) is 6.61 Å². The summed E-state index contributed by atoms with van der Waals surface area (Å²) in [5, 5.41) is 0. The maximum atomic E-state index is 12.4. The molecule has 5 heteroatoms. The summed E-state index contributed by atoms with van der Waals surface area (Å²) in [7, 11) is 0. The Kier molecular flexibility index (Phi) is 5.83. The predicted molar refractivity (Wildman–Crippen MR) is 54.9 cm³/mol. The van der Waals surface area contributed by atoms with Crippen LogP contribution in [0.4, 0.5) is 13.2 Å². The lowest BCUT2D eigenvalue weighted by atomic mass is 9.93. The molecule has 2 nitrogen and oxygen atoms in total. The zero-order chi connectivity index (χ0) is 12.8. The van der Waals surface area contributed by atoms with E-state index in [2.05, 4.69) is 4.74 Å². The highest BCUT2D eigenvalue weighted by atomic mass is 19.4. The summed E-state index contributed by atoms with van der Waals surface area (Å²) in [5.41, 5.74) is -2.42. The molecule has 0 unspecified atom stereocenters. The molecule has 0 aliphatic heterocycles. The average molecular weight is 240 g/mol. The molecule has 0 aromatic rings. The summed E-state index contributed by atoms with van der Waals surface area (Å²) in [6.45, 7) is 3.76. The van der Waals surface area contributed by atoms with Crippen molar-refractivity contribution in [3.05, 3.63) is 0 Å². The fourth-order valence-electron chi connectivity index (χ4n) is 0.990. The van der Waals surface area contributed by atoms with E-state index in [0.717, 1.165) is 33.1 Å². The number of rotatable bonds is 6. The summed E-state index contributed by atoms with van der Waals surface area (Å²) < 4.78 is 41.9. The number of hydrogen-bond acceptors (Lipinski definition) is 2. The third-order valence-electron chi connectivity index (χ3n) is 2.45. The Morgan fingerprint density at radius 2 is 1.69 bits per heavy atom. The molecule has 0 N–H and O–H groups in total. The minimum Gasteiger partial charge on any atom is -0.465 e. The van der Waals surface area contributed by atoms with Crippen molar-refractivity contribution in [2.24, 2.45) is 5.41 Å². The van der Waals surface area contributed by atoms with Gasteiger partial charge in [0.25, 0.3) is 0 Å². The molecule has 0 spiro atoms. The van der Waals surface area contributed by atoms with Crippen LogP contribution in [0.1, 0.15) is 46.5 Å². The number of halogens is 3. The quantitative estimate of drug-likeness (QED) is 0.522. The first-order chi connectivity index (χ1) is 7.23. The van der Waals surface area contributed by atoms with Gasteiger partial charge in [-0.2, -0.15) is 13.2 Å². The van der Waals surface area contributed by atoms with Gasteiger partial charge >= 0.3 is 12.1 Å². The Morgan fingerprint density at radius 3 is 2.12 bits per heavy atom. The Balaban J connectivity index is 3.98. The van der Waals surface area contributed by atoms with Gasteiger partial charge in [0.15, 0.2) is 5.41 Å². The molecule has 0 saturated carbocycles. The van der Waals surface area contributed by atoms with Crippen LogP contribution in [0.3, 0.4) is 0 Å². The average Bonchev–Trinajstić information content (AvgIpc) is 2.15. The van der Waals surface area contributed by atoms with Gasteiger partial charge in [-0.25, -0.2) is 0 Å².